The second kappa shape index (κ2) is 7.73. The minimum absolute atomic E-state index is 0.298. The van der Waals surface area contributed by atoms with Gasteiger partial charge in [0, 0.05) is 27.4 Å². The van der Waals surface area contributed by atoms with Gasteiger partial charge in [-0.05, 0) is 42.8 Å². The zero-order chi connectivity index (χ0) is 17.0. The lowest BCUT2D eigenvalue weighted by molar-refractivity contribution is -0.111. The Morgan fingerprint density at radius 1 is 1.13 bits per heavy atom. The van der Waals surface area contributed by atoms with Crippen molar-refractivity contribution in [3.05, 3.63) is 62.6 Å². The van der Waals surface area contributed by atoms with E-state index in [4.69, 9.17) is 39.5 Å². The SMILES string of the molecule is COc1c(Cl)cc(Cl)cc1C=CC(=O)Nc1cc(Cl)ccc1C. The van der Waals surface area contributed by atoms with Crippen LogP contribution in [0.5, 0.6) is 5.75 Å². The van der Waals surface area contributed by atoms with Gasteiger partial charge in [0.1, 0.15) is 5.75 Å². The Morgan fingerprint density at radius 2 is 1.87 bits per heavy atom. The molecule has 0 bridgehead atoms. The first-order valence-corrected chi connectivity index (χ1v) is 7.82. The summed E-state index contributed by atoms with van der Waals surface area (Å²) in [6, 6.07) is 8.54. The van der Waals surface area contributed by atoms with E-state index in [1.807, 2.05) is 13.0 Å². The molecule has 2 aromatic rings. The molecule has 0 heterocycles. The van der Waals surface area contributed by atoms with Crippen molar-refractivity contribution in [1.29, 1.82) is 0 Å². The van der Waals surface area contributed by atoms with Crippen LogP contribution in [0.2, 0.25) is 15.1 Å². The molecule has 120 valence electrons. The zero-order valence-corrected chi connectivity index (χ0v) is 14.8. The smallest absolute Gasteiger partial charge is 0.248 e. The van der Waals surface area contributed by atoms with Crippen LogP contribution in [-0.4, -0.2) is 13.0 Å². The van der Waals surface area contributed by atoms with Crippen molar-refractivity contribution in [2.24, 2.45) is 0 Å². The number of methoxy groups -OCH3 is 1. The second-order valence-corrected chi connectivity index (χ2v) is 6.07. The Kier molecular flexibility index (Phi) is 5.94. The maximum Gasteiger partial charge on any atom is 0.248 e. The average Bonchev–Trinajstić information content (AvgIpc) is 2.48. The van der Waals surface area contributed by atoms with Crippen LogP contribution in [0.3, 0.4) is 0 Å². The van der Waals surface area contributed by atoms with Crippen LogP contribution in [-0.2, 0) is 4.79 Å². The van der Waals surface area contributed by atoms with Gasteiger partial charge in [-0.3, -0.25) is 4.79 Å². The highest BCUT2D eigenvalue weighted by molar-refractivity contribution is 6.36. The molecule has 0 aliphatic heterocycles. The number of hydrogen-bond donors (Lipinski definition) is 1. The van der Waals surface area contributed by atoms with Gasteiger partial charge < -0.3 is 10.1 Å². The number of amides is 1. The van der Waals surface area contributed by atoms with Crippen molar-refractivity contribution < 1.29 is 9.53 Å². The fourth-order valence-corrected chi connectivity index (χ4v) is 2.75. The summed E-state index contributed by atoms with van der Waals surface area (Å²) in [5.74, 6) is 0.160. The predicted octanol–water partition coefficient (Wildman–Crippen LogP) is 5.62. The van der Waals surface area contributed by atoms with E-state index in [1.165, 1.54) is 13.2 Å². The Labute approximate surface area is 149 Å². The van der Waals surface area contributed by atoms with Crippen LogP contribution in [0.15, 0.2) is 36.4 Å². The van der Waals surface area contributed by atoms with Crippen molar-refractivity contribution in [3.63, 3.8) is 0 Å². The lowest BCUT2D eigenvalue weighted by Crippen LogP contribution is -2.08. The molecule has 1 N–H and O–H groups in total. The molecule has 0 spiro atoms. The van der Waals surface area contributed by atoms with Crippen LogP contribution in [0.4, 0.5) is 5.69 Å². The molecule has 0 fully saturated rings. The minimum Gasteiger partial charge on any atom is -0.495 e. The monoisotopic (exact) mass is 369 g/mol. The lowest BCUT2D eigenvalue weighted by Gasteiger charge is -2.08. The van der Waals surface area contributed by atoms with E-state index in [0.717, 1.165) is 5.56 Å². The number of carbonyl (C=O) groups is 1. The Hall–Kier alpha value is -1.68. The fourth-order valence-electron chi connectivity index (χ4n) is 1.99. The number of aryl methyl sites for hydroxylation is 1. The van der Waals surface area contributed by atoms with Gasteiger partial charge in [-0.25, -0.2) is 0 Å². The summed E-state index contributed by atoms with van der Waals surface area (Å²) in [7, 11) is 1.50. The van der Waals surface area contributed by atoms with Gasteiger partial charge in [-0.2, -0.15) is 0 Å². The van der Waals surface area contributed by atoms with E-state index in [-0.39, 0.29) is 5.91 Å². The number of nitrogens with one attached hydrogen (secondary N) is 1. The molecule has 0 unspecified atom stereocenters. The third-order valence-electron chi connectivity index (χ3n) is 3.11. The minimum atomic E-state index is -0.298. The van der Waals surface area contributed by atoms with E-state index < -0.39 is 0 Å². The first-order valence-electron chi connectivity index (χ1n) is 6.69. The van der Waals surface area contributed by atoms with E-state index in [1.54, 1.807) is 30.3 Å². The zero-order valence-electron chi connectivity index (χ0n) is 12.5. The number of anilines is 1. The van der Waals surface area contributed by atoms with Crippen molar-refractivity contribution >= 4 is 52.5 Å². The van der Waals surface area contributed by atoms with Crippen molar-refractivity contribution in [1.82, 2.24) is 0 Å². The second-order valence-electron chi connectivity index (χ2n) is 4.79. The van der Waals surface area contributed by atoms with Gasteiger partial charge in [0.2, 0.25) is 5.91 Å². The predicted molar refractivity (Wildman–Crippen MR) is 96.9 cm³/mol. The molecule has 0 saturated heterocycles. The third-order valence-corrected chi connectivity index (χ3v) is 3.85. The highest BCUT2D eigenvalue weighted by atomic mass is 35.5. The van der Waals surface area contributed by atoms with Gasteiger partial charge in [0.25, 0.3) is 0 Å². The Bertz CT molecular complexity index is 773. The summed E-state index contributed by atoms with van der Waals surface area (Å²) in [5.41, 5.74) is 2.19. The largest absolute Gasteiger partial charge is 0.495 e. The molecule has 0 aliphatic rings. The maximum absolute atomic E-state index is 12.1. The highest BCUT2D eigenvalue weighted by Gasteiger charge is 2.08. The fraction of sp³-hybridized carbons (Fsp3) is 0.118. The molecule has 23 heavy (non-hydrogen) atoms. The molecule has 0 saturated carbocycles. The third kappa shape index (κ3) is 4.64. The number of halogens is 3. The normalized spacial score (nSPS) is 10.8. The molecular formula is C17H14Cl3NO2. The van der Waals surface area contributed by atoms with E-state index in [9.17, 15) is 4.79 Å². The number of rotatable bonds is 4. The number of carbonyl (C=O) groups excluding carboxylic acids is 1. The molecule has 2 rings (SSSR count). The van der Waals surface area contributed by atoms with Crippen LogP contribution in [0.1, 0.15) is 11.1 Å². The molecule has 0 aromatic heterocycles. The van der Waals surface area contributed by atoms with Crippen LogP contribution < -0.4 is 10.1 Å². The van der Waals surface area contributed by atoms with Gasteiger partial charge in [0.05, 0.1) is 12.1 Å². The first kappa shape index (κ1) is 17.7. The molecule has 2 aromatic carbocycles. The van der Waals surface area contributed by atoms with Crippen molar-refractivity contribution in [3.8, 4) is 5.75 Å². The van der Waals surface area contributed by atoms with E-state index >= 15 is 0 Å². The molecule has 0 aliphatic carbocycles. The molecule has 0 atom stereocenters. The number of hydrogen-bond acceptors (Lipinski definition) is 2. The van der Waals surface area contributed by atoms with Crippen molar-refractivity contribution in [2.75, 3.05) is 12.4 Å². The summed E-state index contributed by atoms with van der Waals surface area (Å²) in [6.07, 6.45) is 2.97. The summed E-state index contributed by atoms with van der Waals surface area (Å²) in [5, 5.41) is 4.16. The summed E-state index contributed by atoms with van der Waals surface area (Å²) < 4.78 is 5.23. The molecule has 3 nitrogen and oxygen atoms in total. The standard InChI is InChI=1S/C17H14Cl3NO2/c1-10-3-5-12(18)9-15(10)21-16(22)6-4-11-7-13(19)8-14(20)17(11)23-2/h3-9H,1-2H3,(H,21,22). The molecule has 1 amide bonds. The van der Waals surface area contributed by atoms with Gasteiger partial charge in [-0.1, -0.05) is 40.9 Å². The van der Waals surface area contributed by atoms with Crippen molar-refractivity contribution in [2.45, 2.75) is 6.92 Å². The number of benzene rings is 2. The quantitative estimate of drug-likeness (QED) is 0.710. The lowest BCUT2D eigenvalue weighted by atomic mass is 10.1. The van der Waals surface area contributed by atoms with Crippen LogP contribution in [0.25, 0.3) is 6.08 Å². The maximum atomic E-state index is 12.1. The van der Waals surface area contributed by atoms with Gasteiger partial charge in [-0.15, -0.1) is 0 Å². The summed E-state index contributed by atoms with van der Waals surface area (Å²) in [6.45, 7) is 1.88. The summed E-state index contributed by atoms with van der Waals surface area (Å²) in [4.78, 5) is 12.1. The topological polar surface area (TPSA) is 38.3 Å². The molecule has 0 radical (unpaired) electrons. The average molecular weight is 371 g/mol. The van der Waals surface area contributed by atoms with E-state index in [0.29, 0.717) is 32.1 Å². The van der Waals surface area contributed by atoms with Crippen LogP contribution >= 0.6 is 34.8 Å². The van der Waals surface area contributed by atoms with Gasteiger partial charge >= 0.3 is 0 Å². The highest BCUT2D eigenvalue weighted by Crippen LogP contribution is 2.33. The first-order chi connectivity index (χ1) is 10.9. The summed E-state index contributed by atoms with van der Waals surface area (Å²) >= 11 is 18.0. The number of ether oxygens (including phenoxy) is 1. The molecule has 6 heteroatoms. The van der Waals surface area contributed by atoms with E-state index in [2.05, 4.69) is 5.32 Å². The Morgan fingerprint density at radius 3 is 2.57 bits per heavy atom. The van der Waals surface area contributed by atoms with Crippen LogP contribution in [0, 0.1) is 6.92 Å². The molecular weight excluding hydrogens is 357 g/mol. The van der Waals surface area contributed by atoms with Gasteiger partial charge in [0.15, 0.2) is 0 Å². The Balaban J connectivity index is 2.20.